The van der Waals surface area contributed by atoms with E-state index in [0.717, 1.165) is 12.8 Å². The number of hydrogen-bond donors (Lipinski definition) is 5. The average Bonchev–Trinajstić information content (AvgIpc) is 2.41. The fourth-order valence-electron chi connectivity index (χ4n) is 0.873. The summed E-state index contributed by atoms with van der Waals surface area (Å²) in [6.45, 7) is 2.45. The monoisotopic (exact) mass is 296 g/mol. The lowest BCUT2D eigenvalue weighted by molar-refractivity contribution is -0.156. The molecule has 0 saturated carbocycles. The van der Waals surface area contributed by atoms with Gasteiger partial charge in [0, 0.05) is 0 Å². The molecule has 0 aromatic heterocycles. The van der Waals surface area contributed by atoms with E-state index in [9.17, 15) is 9.59 Å². The summed E-state index contributed by atoms with van der Waals surface area (Å²) in [6.07, 6.45) is -1.37. The summed E-state index contributed by atoms with van der Waals surface area (Å²) in [7, 11) is 0. The SMILES string of the molecule is CC(O)C(=O)OCC(O)CO.CCCCC(O)C(=O)O. The van der Waals surface area contributed by atoms with Crippen molar-refractivity contribution in [2.24, 2.45) is 0 Å². The van der Waals surface area contributed by atoms with Crippen molar-refractivity contribution in [3.63, 3.8) is 0 Å². The number of carboxylic acid groups (broad SMARTS) is 1. The van der Waals surface area contributed by atoms with E-state index in [0.29, 0.717) is 6.42 Å². The Bertz CT molecular complexity index is 266. The van der Waals surface area contributed by atoms with Crippen molar-refractivity contribution in [1.82, 2.24) is 0 Å². The maximum absolute atomic E-state index is 10.5. The highest BCUT2D eigenvalue weighted by atomic mass is 16.6. The molecule has 0 saturated heterocycles. The van der Waals surface area contributed by atoms with Crippen LogP contribution < -0.4 is 0 Å². The topological polar surface area (TPSA) is 145 Å². The molecular formula is C12H24O8. The smallest absolute Gasteiger partial charge is 0.334 e. The zero-order chi connectivity index (χ0) is 16.1. The van der Waals surface area contributed by atoms with Crippen LogP contribution in [0.3, 0.4) is 0 Å². The van der Waals surface area contributed by atoms with Crippen LogP contribution in [0.2, 0.25) is 0 Å². The summed E-state index contributed by atoms with van der Waals surface area (Å²) >= 11 is 0. The molecule has 0 aliphatic rings. The molecule has 0 aliphatic heterocycles. The Morgan fingerprint density at radius 2 is 1.75 bits per heavy atom. The van der Waals surface area contributed by atoms with Gasteiger partial charge in [0.25, 0.3) is 0 Å². The first-order valence-corrected chi connectivity index (χ1v) is 6.30. The molecule has 0 radical (unpaired) electrons. The van der Waals surface area contributed by atoms with Gasteiger partial charge in [-0.2, -0.15) is 0 Å². The summed E-state index contributed by atoms with van der Waals surface area (Å²) in [5.41, 5.74) is 0. The van der Waals surface area contributed by atoms with Crippen molar-refractivity contribution in [2.45, 2.75) is 51.4 Å². The first-order chi connectivity index (χ1) is 9.26. The molecule has 0 heterocycles. The Morgan fingerprint density at radius 3 is 2.10 bits per heavy atom. The molecule has 0 aromatic carbocycles. The van der Waals surface area contributed by atoms with Crippen molar-refractivity contribution < 1.29 is 39.9 Å². The van der Waals surface area contributed by atoms with E-state index in [-0.39, 0.29) is 6.61 Å². The van der Waals surface area contributed by atoms with E-state index >= 15 is 0 Å². The number of rotatable bonds is 8. The lowest BCUT2D eigenvalue weighted by atomic mass is 10.2. The summed E-state index contributed by atoms with van der Waals surface area (Å²) in [5.74, 6) is -1.93. The maximum Gasteiger partial charge on any atom is 0.334 e. The number of aliphatic hydroxyl groups excluding tert-OH is 4. The third-order valence-corrected chi connectivity index (χ3v) is 2.09. The van der Waals surface area contributed by atoms with Gasteiger partial charge in [0.05, 0.1) is 6.61 Å². The van der Waals surface area contributed by atoms with E-state index in [2.05, 4.69) is 4.74 Å². The van der Waals surface area contributed by atoms with E-state index < -0.39 is 36.9 Å². The molecule has 0 amide bonds. The highest BCUT2D eigenvalue weighted by Gasteiger charge is 2.12. The molecule has 0 aliphatic carbocycles. The van der Waals surface area contributed by atoms with E-state index in [1.165, 1.54) is 6.92 Å². The minimum atomic E-state index is -1.19. The molecule has 0 bridgehead atoms. The first kappa shape index (κ1) is 21.1. The number of aliphatic hydroxyl groups is 4. The molecule has 3 unspecified atom stereocenters. The molecule has 0 spiro atoms. The molecule has 8 heteroatoms. The van der Waals surface area contributed by atoms with Gasteiger partial charge in [-0.25, -0.2) is 9.59 Å². The average molecular weight is 296 g/mol. The second-order valence-electron chi connectivity index (χ2n) is 4.14. The number of ether oxygens (including phenoxy) is 1. The van der Waals surface area contributed by atoms with Crippen LogP contribution in [0.1, 0.15) is 33.1 Å². The Morgan fingerprint density at radius 1 is 1.20 bits per heavy atom. The summed E-state index contributed by atoms with van der Waals surface area (Å²) in [5, 5.41) is 42.4. The predicted octanol–water partition coefficient (Wildman–Crippen LogP) is -1.11. The zero-order valence-electron chi connectivity index (χ0n) is 11.7. The first-order valence-electron chi connectivity index (χ1n) is 6.30. The predicted molar refractivity (Wildman–Crippen MR) is 68.9 cm³/mol. The molecular weight excluding hydrogens is 272 g/mol. The van der Waals surface area contributed by atoms with Gasteiger partial charge in [-0.3, -0.25) is 0 Å². The molecule has 20 heavy (non-hydrogen) atoms. The van der Waals surface area contributed by atoms with Gasteiger partial charge in [-0.05, 0) is 13.3 Å². The zero-order valence-corrected chi connectivity index (χ0v) is 11.7. The summed E-state index contributed by atoms with van der Waals surface area (Å²) in [6, 6.07) is 0. The minimum Gasteiger partial charge on any atom is -0.479 e. The Labute approximate surface area is 117 Å². The fourth-order valence-corrected chi connectivity index (χ4v) is 0.873. The van der Waals surface area contributed by atoms with Crippen molar-refractivity contribution in [3.05, 3.63) is 0 Å². The van der Waals surface area contributed by atoms with E-state index in [4.69, 9.17) is 25.5 Å². The fraction of sp³-hybridized carbons (Fsp3) is 0.833. The molecule has 3 atom stereocenters. The molecule has 5 N–H and O–H groups in total. The lowest BCUT2D eigenvalue weighted by Crippen LogP contribution is -2.26. The van der Waals surface area contributed by atoms with Gasteiger partial charge in [0.1, 0.15) is 18.8 Å². The summed E-state index contributed by atoms with van der Waals surface area (Å²) < 4.78 is 4.36. The molecule has 0 fully saturated rings. The molecule has 0 aromatic rings. The number of aliphatic carboxylic acids is 1. The van der Waals surface area contributed by atoms with Crippen LogP contribution >= 0.6 is 0 Å². The number of carbonyl (C=O) groups excluding carboxylic acids is 1. The van der Waals surface area contributed by atoms with Crippen LogP contribution in [-0.2, 0) is 14.3 Å². The number of unbranched alkanes of at least 4 members (excludes halogenated alkanes) is 1. The third kappa shape index (κ3) is 13.2. The quantitative estimate of drug-likeness (QED) is 0.354. The van der Waals surface area contributed by atoms with Crippen molar-refractivity contribution in [1.29, 1.82) is 0 Å². The number of carbonyl (C=O) groups is 2. The normalized spacial score (nSPS) is 14.5. The highest BCUT2D eigenvalue weighted by molar-refractivity contribution is 5.73. The molecule has 8 nitrogen and oxygen atoms in total. The van der Waals surface area contributed by atoms with E-state index in [1.807, 2.05) is 6.92 Å². The summed E-state index contributed by atoms with van der Waals surface area (Å²) in [4.78, 5) is 20.5. The number of carboxylic acids is 1. The van der Waals surface area contributed by atoms with Crippen LogP contribution in [0.4, 0.5) is 0 Å². The number of esters is 1. The van der Waals surface area contributed by atoms with Gasteiger partial charge in [-0.15, -0.1) is 0 Å². The highest BCUT2D eigenvalue weighted by Crippen LogP contribution is 1.99. The second kappa shape index (κ2) is 12.8. The molecule has 120 valence electrons. The third-order valence-electron chi connectivity index (χ3n) is 2.09. The van der Waals surface area contributed by atoms with Crippen LogP contribution in [0.5, 0.6) is 0 Å². The minimum absolute atomic E-state index is 0.291. The Hall–Kier alpha value is -1.22. The van der Waals surface area contributed by atoms with Crippen molar-refractivity contribution >= 4 is 11.9 Å². The van der Waals surface area contributed by atoms with Gasteiger partial charge < -0.3 is 30.3 Å². The van der Waals surface area contributed by atoms with Crippen LogP contribution in [0, 0.1) is 0 Å². The van der Waals surface area contributed by atoms with Gasteiger partial charge in [0.15, 0.2) is 6.10 Å². The van der Waals surface area contributed by atoms with E-state index in [1.54, 1.807) is 0 Å². The number of hydrogen-bond acceptors (Lipinski definition) is 7. The van der Waals surface area contributed by atoms with Gasteiger partial charge in [-0.1, -0.05) is 19.8 Å². The maximum atomic E-state index is 10.5. The van der Waals surface area contributed by atoms with Crippen molar-refractivity contribution in [3.8, 4) is 0 Å². The van der Waals surface area contributed by atoms with Gasteiger partial charge in [0.2, 0.25) is 0 Å². The second-order valence-corrected chi connectivity index (χ2v) is 4.14. The lowest BCUT2D eigenvalue weighted by Gasteiger charge is -2.09. The van der Waals surface area contributed by atoms with Crippen LogP contribution in [0.15, 0.2) is 0 Å². The van der Waals surface area contributed by atoms with Crippen LogP contribution in [0.25, 0.3) is 0 Å². The van der Waals surface area contributed by atoms with Crippen molar-refractivity contribution in [2.75, 3.05) is 13.2 Å². The molecule has 0 rings (SSSR count). The standard InChI is InChI=1S/C6H12O5.C6H12O3/c1-4(8)6(10)11-3-5(9)2-7;1-2-3-4-5(7)6(8)9/h4-5,7-9H,2-3H2,1H3;5,7H,2-4H2,1H3,(H,8,9). The Balaban J connectivity index is 0. The van der Waals surface area contributed by atoms with Gasteiger partial charge >= 0.3 is 11.9 Å². The van der Waals surface area contributed by atoms with Crippen LogP contribution in [-0.4, -0.2) is 69.0 Å². The largest absolute Gasteiger partial charge is 0.479 e. The Kier molecular flexibility index (Phi) is 13.5.